The summed E-state index contributed by atoms with van der Waals surface area (Å²) in [7, 11) is 0. The van der Waals surface area contributed by atoms with Gasteiger partial charge in [0.1, 0.15) is 0 Å². The molecule has 0 saturated carbocycles. The molecule has 3 heteroatoms. The van der Waals surface area contributed by atoms with Gasteiger partial charge in [-0.15, -0.1) is 0 Å². The molecule has 20 heavy (non-hydrogen) atoms. The van der Waals surface area contributed by atoms with Crippen molar-refractivity contribution in [2.45, 2.75) is 6.92 Å². The standard InChI is InChI=1S/C17H13BrClN/c1-11-15-8-5-13(18)10-17(15)20-16(11)9-4-12-2-6-14(19)7-3-12/h2-10,20H,1H3/b9-4+. The Morgan fingerprint density at radius 3 is 2.55 bits per heavy atom. The minimum Gasteiger partial charge on any atom is -0.355 e. The van der Waals surface area contributed by atoms with Crippen molar-refractivity contribution in [1.29, 1.82) is 0 Å². The highest BCUT2D eigenvalue weighted by Gasteiger charge is 2.05. The number of aryl methyl sites for hydroxylation is 1. The van der Waals surface area contributed by atoms with E-state index < -0.39 is 0 Å². The number of fused-ring (bicyclic) bond motifs is 1. The van der Waals surface area contributed by atoms with Gasteiger partial charge >= 0.3 is 0 Å². The first kappa shape index (κ1) is 13.5. The van der Waals surface area contributed by atoms with Crippen LogP contribution in [0, 0.1) is 6.92 Å². The molecule has 1 aromatic heterocycles. The molecule has 2 aromatic carbocycles. The smallest absolute Gasteiger partial charge is 0.0472 e. The van der Waals surface area contributed by atoms with E-state index in [1.807, 2.05) is 24.3 Å². The van der Waals surface area contributed by atoms with E-state index in [9.17, 15) is 0 Å². The van der Waals surface area contributed by atoms with Gasteiger partial charge in [-0.1, -0.05) is 51.8 Å². The zero-order valence-electron chi connectivity index (χ0n) is 11.0. The maximum absolute atomic E-state index is 5.89. The van der Waals surface area contributed by atoms with Gasteiger partial charge in [0, 0.05) is 26.1 Å². The predicted octanol–water partition coefficient (Wildman–Crippen LogP) is 6.06. The van der Waals surface area contributed by atoms with Crippen LogP contribution >= 0.6 is 27.5 Å². The summed E-state index contributed by atoms with van der Waals surface area (Å²) in [5, 5.41) is 2.01. The Balaban J connectivity index is 1.98. The van der Waals surface area contributed by atoms with Crippen LogP contribution in [0.25, 0.3) is 23.1 Å². The zero-order chi connectivity index (χ0) is 14.1. The monoisotopic (exact) mass is 345 g/mol. The molecule has 0 aliphatic heterocycles. The lowest BCUT2D eigenvalue weighted by Gasteiger charge is -1.94. The summed E-state index contributed by atoms with van der Waals surface area (Å²) in [4.78, 5) is 3.44. The van der Waals surface area contributed by atoms with Crippen LogP contribution < -0.4 is 0 Å². The highest BCUT2D eigenvalue weighted by molar-refractivity contribution is 9.10. The first-order valence-corrected chi connectivity index (χ1v) is 7.52. The summed E-state index contributed by atoms with van der Waals surface area (Å²) in [6.45, 7) is 2.13. The lowest BCUT2D eigenvalue weighted by atomic mass is 10.1. The Morgan fingerprint density at radius 2 is 1.80 bits per heavy atom. The average molecular weight is 347 g/mol. The van der Waals surface area contributed by atoms with E-state index in [1.165, 1.54) is 10.9 Å². The molecular formula is C17H13BrClN. The fourth-order valence-electron chi connectivity index (χ4n) is 2.25. The number of aromatic nitrogens is 1. The highest BCUT2D eigenvalue weighted by atomic mass is 79.9. The molecule has 1 heterocycles. The SMILES string of the molecule is Cc1c(/C=C/c2ccc(Cl)cc2)[nH]c2cc(Br)ccc12. The van der Waals surface area contributed by atoms with E-state index in [0.717, 1.165) is 26.3 Å². The largest absolute Gasteiger partial charge is 0.355 e. The summed E-state index contributed by atoms with van der Waals surface area (Å²) in [6, 6.07) is 14.1. The van der Waals surface area contributed by atoms with Crippen LogP contribution in [0.15, 0.2) is 46.9 Å². The summed E-state index contributed by atoms with van der Waals surface area (Å²) >= 11 is 9.39. The summed E-state index contributed by atoms with van der Waals surface area (Å²) in [5.74, 6) is 0. The predicted molar refractivity (Wildman–Crippen MR) is 91.1 cm³/mol. The number of hydrogen-bond donors (Lipinski definition) is 1. The molecule has 0 radical (unpaired) electrons. The van der Waals surface area contributed by atoms with Crippen molar-refractivity contribution in [2.75, 3.05) is 0 Å². The zero-order valence-corrected chi connectivity index (χ0v) is 13.3. The number of halogens is 2. The van der Waals surface area contributed by atoms with E-state index in [4.69, 9.17) is 11.6 Å². The third-order valence-corrected chi connectivity index (χ3v) is 4.12. The van der Waals surface area contributed by atoms with Crippen molar-refractivity contribution < 1.29 is 0 Å². The summed E-state index contributed by atoms with van der Waals surface area (Å²) < 4.78 is 1.08. The van der Waals surface area contributed by atoms with Crippen LogP contribution in [-0.4, -0.2) is 4.98 Å². The fraction of sp³-hybridized carbons (Fsp3) is 0.0588. The minimum absolute atomic E-state index is 0.758. The second-order valence-electron chi connectivity index (χ2n) is 4.74. The van der Waals surface area contributed by atoms with Crippen molar-refractivity contribution >= 4 is 50.6 Å². The number of aromatic amines is 1. The maximum Gasteiger partial charge on any atom is 0.0472 e. The van der Waals surface area contributed by atoms with E-state index in [2.05, 4.69) is 58.2 Å². The molecule has 100 valence electrons. The Labute approximate surface area is 131 Å². The van der Waals surface area contributed by atoms with Crippen molar-refractivity contribution in [3.05, 3.63) is 68.8 Å². The van der Waals surface area contributed by atoms with Gasteiger partial charge in [-0.05, 0) is 48.4 Å². The molecule has 1 nitrogen and oxygen atoms in total. The molecule has 0 spiro atoms. The molecule has 3 aromatic rings. The number of benzene rings is 2. The molecule has 0 fully saturated rings. The molecule has 0 saturated heterocycles. The molecular weight excluding hydrogens is 334 g/mol. The van der Waals surface area contributed by atoms with Crippen LogP contribution in [0.4, 0.5) is 0 Å². The van der Waals surface area contributed by atoms with Crippen LogP contribution in [0.2, 0.25) is 5.02 Å². The van der Waals surface area contributed by atoms with E-state index >= 15 is 0 Å². The second kappa shape index (κ2) is 5.47. The fourth-order valence-corrected chi connectivity index (χ4v) is 2.74. The van der Waals surface area contributed by atoms with E-state index in [-0.39, 0.29) is 0 Å². The van der Waals surface area contributed by atoms with Crippen LogP contribution in [0.3, 0.4) is 0 Å². The second-order valence-corrected chi connectivity index (χ2v) is 6.09. The Hall–Kier alpha value is -1.51. The first-order valence-electron chi connectivity index (χ1n) is 6.35. The minimum atomic E-state index is 0.758. The van der Waals surface area contributed by atoms with E-state index in [0.29, 0.717) is 0 Å². The Morgan fingerprint density at radius 1 is 1.05 bits per heavy atom. The van der Waals surface area contributed by atoms with Crippen molar-refractivity contribution in [2.24, 2.45) is 0 Å². The molecule has 0 aliphatic rings. The van der Waals surface area contributed by atoms with E-state index in [1.54, 1.807) is 0 Å². The number of nitrogens with one attached hydrogen (secondary N) is 1. The van der Waals surface area contributed by atoms with Crippen LogP contribution in [0.1, 0.15) is 16.8 Å². The van der Waals surface area contributed by atoms with Gasteiger partial charge in [0.15, 0.2) is 0 Å². The average Bonchev–Trinajstić information content (AvgIpc) is 2.74. The van der Waals surface area contributed by atoms with Gasteiger partial charge in [0.05, 0.1) is 0 Å². The number of hydrogen-bond acceptors (Lipinski definition) is 0. The van der Waals surface area contributed by atoms with Crippen molar-refractivity contribution in [1.82, 2.24) is 4.98 Å². The van der Waals surface area contributed by atoms with Crippen LogP contribution in [0.5, 0.6) is 0 Å². The van der Waals surface area contributed by atoms with Gasteiger partial charge in [-0.3, -0.25) is 0 Å². The highest BCUT2D eigenvalue weighted by Crippen LogP contribution is 2.26. The van der Waals surface area contributed by atoms with Gasteiger partial charge in [-0.25, -0.2) is 0 Å². The Kier molecular flexibility index (Phi) is 3.68. The van der Waals surface area contributed by atoms with Crippen molar-refractivity contribution in [3.63, 3.8) is 0 Å². The van der Waals surface area contributed by atoms with Gasteiger partial charge < -0.3 is 4.98 Å². The topological polar surface area (TPSA) is 15.8 Å². The third-order valence-electron chi connectivity index (χ3n) is 3.37. The lowest BCUT2D eigenvalue weighted by molar-refractivity contribution is 1.38. The number of rotatable bonds is 2. The molecule has 0 aliphatic carbocycles. The van der Waals surface area contributed by atoms with Crippen LogP contribution in [-0.2, 0) is 0 Å². The Bertz CT molecular complexity index is 785. The lowest BCUT2D eigenvalue weighted by Crippen LogP contribution is -1.75. The molecule has 0 amide bonds. The van der Waals surface area contributed by atoms with Gasteiger partial charge in [0.25, 0.3) is 0 Å². The first-order chi connectivity index (χ1) is 9.63. The number of H-pyrrole nitrogens is 1. The summed E-state index contributed by atoms with van der Waals surface area (Å²) in [5.41, 5.74) is 4.67. The third kappa shape index (κ3) is 2.67. The molecule has 3 rings (SSSR count). The molecule has 0 bridgehead atoms. The quantitative estimate of drug-likeness (QED) is 0.580. The van der Waals surface area contributed by atoms with Crippen molar-refractivity contribution in [3.8, 4) is 0 Å². The van der Waals surface area contributed by atoms with Gasteiger partial charge in [0.2, 0.25) is 0 Å². The normalized spacial score (nSPS) is 11.6. The molecule has 0 atom stereocenters. The molecule has 0 unspecified atom stereocenters. The molecule has 1 N–H and O–H groups in total. The van der Waals surface area contributed by atoms with Gasteiger partial charge in [-0.2, -0.15) is 0 Å². The maximum atomic E-state index is 5.89. The summed E-state index contributed by atoms with van der Waals surface area (Å²) in [6.07, 6.45) is 4.19.